The van der Waals surface area contributed by atoms with Crippen LogP contribution in [0, 0.1) is 5.92 Å². The van der Waals surface area contributed by atoms with Crippen molar-refractivity contribution >= 4 is 29.1 Å². The summed E-state index contributed by atoms with van der Waals surface area (Å²) in [4.78, 5) is 37.7. The van der Waals surface area contributed by atoms with Crippen molar-refractivity contribution in [3.05, 3.63) is 21.9 Å². The summed E-state index contributed by atoms with van der Waals surface area (Å²) in [6.07, 6.45) is 4.48. The summed E-state index contributed by atoms with van der Waals surface area (Å²) in [7, 11) is 0. The molecule has 0 spiro atoms. The van der Waals surface area contributed by atoms with Gasteiger partial charge < -0.3 is 15.7 Å². The maximum Gasteiger partial charge on any atom is 0.326 e. The average Bonchev–Trinajstić information content (AvgIpc) is 3.11. The van der Waals surface area contributed by atoms with Crippen molar-refractivity contribution in [3.63, 3.8) is 0 Å². The van der Waals surface area contributed by atoms with Crippen molar-refractivity contribution in [3.8, 4) is 0 Å². The average molecular weight is 322 g/mol. The zero-order valence-electron chi connectivity index (χ0n) is 12.0. The van der Waals surface area contributed by atoms with Gasteiger partial charge in [-0.1, -0.05) is 12.8 Å². The fraction of sp³-hybridized carbons (Fsp3) is 0.533. The minimum absolute atomic E-state index is 0.00137. The maximum atomic E-state index is 12.8. The molecule has 7 heteroatoms. The predicted molar refractivity (Wildman–Crippen MR) is 80.8 cm³/mol. The van der Waals surface area contributed by atoms with E-state index >= 15 is 0 Å². The number of hydrogen-bond acceptors (Lipinski definition) is 4. The Kier molecular flexibility index (Phi) is 3.90. The number of nitrogens with zero attached hydrogens (tertiary/aromatic N) is 1. The Labute approximate surface area is 131 Å². The molecule has 3 rings (SSSR count). The van der Waals surface area contributed by atoms with Gasteiger partial charge in [0, 0.05) is 6.04 Å². The summed E-state index contributed by atoms with van der Waals surface area (Å²) in [5.41, 5.74) is 5.21. The molecule has 1 saturated carbocycles. The number of amides is 2. The van der Waals surface area contributed by atoms with E-state index in [2.05, 4.69) is 0 Å². The first-order valence-corrected chi connectivity index (χ1v) is 8.26. The lowest BCUT2D eigenvalue weighted by molar-refractivity contribution is -0.141. The summed E-state index contributed by atoms with van der Waals surface area (Å²) in [6, 6.07) is 2.31. The Hall–Kier alpha value is -1.89. The quantitative estimate of drug-likeness (QED) is 0.884. The summed E-state index contributed by atoms with van der Waals surface area (Å²) in [6.45, 7) is 0. The summed E-state index contributed by atoms with van der Waals surface area (Å²) in [5.74, 6) is -1.54. The molecule has 0 radical (unpaired) electrons. The van der Waals surface area contributed by atoms with E-state index in [4.69, 9.17) is 5.73 Å². The molecule has 2 heterocycles. The van der Waals surface area contributed by atoms with Gasteiger partial charge in [-0.15, -0.1) is 11.3 Å². The number of fused-ring (bicyclic) bond motifs is 1. The second-order valence-corrected chi connectivity index (χ2v) is 7.03. The van der Waals surface area contributed by atoms with Crippen LogP contribution in [0.2, 0.25) is 0 Å². The van der Waals surface area contributed by atoms with E-state index in [-0.39, 0.29) is 17.9 Å². The number of carboxylic acids is 1. The third kappa shape index (κ3) is 2.49. The molecule has 3 atom stereocenters. The van der Waals surface area contributed by atoms with Crippen molar-refractivity contribution < 1.29 is 19.5 Å². The standard InChI is InChI=1S/C15H18N2O4S/c16-13(18)11-5-6-12(22-11)14(19)17-9-4-2-1-3-8(9)7-10(17)15(20)21/h5-6,8-10H,1-4,7H2,(H2,16,18)(H,20,21)/t8-,9-,10+/m1/s1. The molecular formula is C15H18N2O4S. The van der Waals surface area contributed by atoms with Crippen molar-refractivity contribution in [2.45, 2.75) is 44.2 Å². The monoisotopic (exact) mass is 322 g/mol. The Morgan fingerprint density at radius 2 is 1.86 bits per heavy atom. The SMILES string of the molecule is NC(=O)c1ccc(C(=O)N2[C@@H]3CCCC[C@@H]3C[C@H]2C(=O)O)s1. The number of hydrogen-bond donors (Lipinski definition) is 2. The highest BCUT2D eigenvalue weighted by Gasteiger charge is 2.47. The molecular weight excluding hydrogens is 304 g/mol. The topological polar surface area (TPSA) is 101 Å². The van der Waals surface area contributed by atoms with Crippen LogP contribution in [0.1, 0.15) is 51.4 Å². The van der Waals surface area contributed by atoms with Crippen LogP contribution in [0.25, 0.3) is 0 Å². The normalized spacial score (nSPS) is 27.5. The van der Waals surface area contributed by atoms with Gasteiger partial charge in [0.15, 0.2) is 0 Å². The first-order valence-electron chi connectivity index (χ1n) is 7.44. The van der Waals surface area contributed by atoms with E-state index < -0.39 is 17.9 Å². The van der Waals surface area contributed by atoms with Crippen molar-refractivity contribution in [2.24, 2.45) is 11.7 Å². The fourth-order valence-electron chi connectivity index (χ4n) is 3.69. The van der Waals surface area contributed by atoms with Gasteiger partial charge in [0.2, 0.25) is 0 Å². The molecule has 1 aliphatic carbocycles. The van der Waals surface area contributed by atoms with E-state index in [9.17, 15) is 19.5 Å². The zero-order valence-corrected chi connectivity index (χ0v) is 12.8. The molecule has 118 valence electrons. The lowest BCUT2D eigenvalue weighted by Gasteiger charge is -2.32. The summed E-state index contributed by atoms with van der Waals surface area (Å²) < 4.78 is 0. The summed E-state index contributed by atoms with van der Waals surface area (Å²) >= 11 is 1.03. The van der Waals surface area contributed by atoms with Gasteiger partial charge in [0.05, 0.1) is 9.75 Å². The number of thiophene rings is 1. The van der Waals surface area contributed by atoms with Gasteiger partial charge >= 0.3 is 5.97 Å². The van der Waals surface area contributed by atoms with Crippen LogP contribution in [0.4, 0.5) is 0 Å². The first kappa shape index (κ1) is 15.0. The van der Waals surface area contributed by atoms with Crippen LogP contribution in [-0.2, 0) is 4.79 Å². The number of carboxylic acid groups (broad SMARTS) is 1. The lowest BCUT2D eigenvalue weighted by atomic mass is 9.85. The van der Waals surface area contributed by atoms with Crippen LogP contribution in [0.5, 0.6) is 0 Å². The lowest BCUT2D eigenvalue weighted by Crippen LogP contribution is -2.46. The van der Waals surface area contributed by atoms with Crippen LogP contribution < -0.4 is 5.73 Å². The second-order valence-electron chi connectivity index (χ2n) is 5.94. The number of carbonyl (C=O) groups excluding carboxylic acids is 2. The van der Waals surface area contributed by atoms with Crippen LogP contribution in [0.3, 0.4) is 0 Å². The molecule has 1 aliphatic heterocycles. The van der Waals surface area contributed by atoms with Crippen LogP contribution in [-0.4, -0.2) is 39.9 Å². The third-order valence-electron chi connectivity index (χ3n) is 4.67. The number of nitrogens with two attached hydrogens (primary N) is 1. The number of primary amides is 1. The molecule has 2 aliphatic rings. The fourth-order valence-corrected chi connectivity index (χ4v) is 4.49. The van der Waals surface area contributed by atoms with Crippen LogP contribution in [0.15, 0.2) is 12.1 Å². The van der Waals surface area contributed by atoms with Gasteiger partial charge in [-0.25, -0.2) is 4.79 Å². The van der Waals surface area contributed by atoms with E-state index in [1.165, 1.54) is 11.0 Å². The number of likely N-dealkylation sites (tertiary alicyclic amines) is 1. The Bertz CT molecular complexity index is 627. The molecule has 1 saturated heterocycles. The maximum absolute atomic E-state index is 12.8. The van der Waals surface area contributed by atoms with E-state index in [1.54, 1.807) is 6.07 Å². The predicted octanol–water partition coefficient (Wildman–Crippen LogP) is 1.70. The first-order chi connectivity index (χ1) is 10.5. The highest BCUT2D eigenvalue weighted by atomic mass is 32.1. The molecule has 1 aromatic heterocycles. The van der Waals surface area contributed by atoms with Gasteiger partial charge in [0.1, 0.15) is 6.04 Å². The molecule has 6 nitrogen and oxygen atoms in total. The molecule has 22 heavy (non-hydrogen) atoms. The number of carbonyl (C=O) groups is 3. The van der Waals surface area contributed by atoms with Gasteiger partial charge in [0.25, 0.3) is 11.8 Å². The van der Waals surface area contributed by atoms with Crippen LogP contribution >= 0.6 is 11.3 Å². The van der Waals surface area contributed by atoms with Gasteiger partial charge in [-0.3, -0.25) is 9.59 Å². The van der Waals surface area contributed by atoms with Gasteiger partial charge in [-0.2, -0.15) is 0 Å². The molecule has 1 aromatic rings. The number of aliphatic carboxylic acids is 1. The third-order valence-corrected chi connectivity index (χ3v) is 5.76. The largest absolute Gasteiger partial charge is 0.480 e. The summed E-state index contributed by atoms with van der Waals surface area (Å²) in [5, 5.41) is 9.46. The van der Waals surface area contributed by atoms with Crippen molar-refractivity contribution in [2.75, 3.05) is 0 Å². The van der Waals surface area contributed by atoms with Crippen molar-refractivity contribution in [1.29, 1.82) is 0 Å². The molecule has 0 bridgehead atoms. The minimum Gasteiger partial charge on any atom is -0.480 e. The number of rotatable bonds is 3. The van der Waals surface area contributed by atoms with Crippen molar-refractivity contribution in [1.82, 2.24) is 4.90 Å². The molecule has 2 amide bonds. The Morgan fingerprint density at radius 3 is 2.50 bits per heavy atom. The highest BCUT2D eigenvalue weighted by molar-refractivity contribution is 7.15. The molecule has 2 fully saturated rings. The molecule has 0 unspecified atom stereocenters. The Morgan fingerprint density at radius 1 is 1.18 bits per heavy atom. The smallest absolute Gasteiger partial charge is 0.326 e. The zero-order chi connectivity index (χ0) is 15.9. The van der Waals surface area contributed by atoms with Gasteiger partial charge in [-0.05, 0) is 37.3 Å². The molecule has 0 aromatic carbocycles. The van der Waals surface area contributed by atoms with E-state index in [0.29, 0.717) is 16.2 Å². The van der Waals surface area contributed by atoms with E-state index in [0.717, 1.165) is 37.0 Å². The minimum atomic E-state index is -0.950. The van der Waals surface area contributed by atoms with E-state index in [1.807, 2.05) is 0 Å². The highest BCUT2D eigenvalue weighted by Crippen LogP contribution is 2.41. The second kappa shape index (κ2) is 5.72. The molecule has 3 N–H and O–H groups in total. The Balaban J connectivity index is 1.89.